The highest BCUT2D eigenvalue weighted by molar-refractivity contribution is 6.01. The number of ether oxygens (including phenoxy) is 2. The summed E-state index contributed by atoms with van der Waals surface area (Å²) in [6.45, 7) is 6.78. The quantitative estimate of drug-likeness (QED) is 0.212. The average Bonchev–Trinajstić information content (AvgIpc) is 3.10. The summed E-state index contributed by atoms with van der Waals surface area (Å²) < 4.78 is 11.4. The summed E-state index contributed by atoms with van der Waals surface area (Å²) in [5.74, 6) is 0.584. The van der Waals surface area contributed by atoms with E-state index in [-0.39, 0.29) is 24.1 Å². The number of nitro groups is 1. The third-order valence-corrected chi connectivity index (χ3v) is 7.15. The molecule has 3 N–H and O–H groups in total. The van der Waals surface area contributed by atoms with E-state index in [1.54, 1.807) is 13.0 Å². The van der Waals surface area contributed by atoms with Crippen molar-refractivity contribution in [1.29, 1.82) is 0 Å². The molecule has 0 saturated carbocycles. The van der Waals surface area contributed by atoms with Crippen LogP contribution in [-0.2, 0) is 4.79 Å². The molecule has 0 radical (unpaired) electrons. The van der Waals surface area contributed by atoms with Crippen LogP contribution in [0.3, 0.4) is 0 Å². The zero-order valence-electron chi connectivity index (χ0n) is 22.8. The van der Waals surface area contributed by atoms with Gasteiger partial charge < -0.3 is 25.2 Å². The number of ketones is 1. The van der Waals surface area contributed by atoms with Gasteiger partial charge in [-0.3, -0.25) is 14.9 Å². The Labute approximate surface area is 233 Å². The molecular weight excluding hydrogens is 510 g/mol. The van der Waals surface area contributed by atoms with E-state index in [1.807, 2.05) is 48.5 Å². The van der Waals surface area contributed by atoms with E-state index in [4.69, 9.17) is 9.47 Å². The number of anilines is 2. The van der Waals surface area contributed by atoms with Crippen molar-refractivity contribution < 1.29 is 24.3 Å². The van der Waals surface area contributed by atoms with Crippen molar-refractivity contribution in [2.24, 2.45) is 5.92 Å². The van der Waals surface area contributed by atoms with Crippen molar-refractivity contribution in [3.63, 3.8) is 0 Å². The minimum absolute atomic E-state index is 0.00190. The first-order valence-corrected chi connectivity index (χ1v) is 13.5. The summed E-state index contributed by atoms with van der Waals surface area (Å²) in [6, 6.07) is 17.7. The third kappa shape index (κ3) is 5.45. The number of allylic oxidation sites excluding steroid dienone is 1. The number of aromatic hydroxyl groups is 1. The van der Waals surface area contributed by atoms with Gasteiger partial charge in [-0.25, -0.2) is 0 Å². The van der Waals surface area contributed by atoms with Crippen LogP contribution >= 0.6 is 0 Å². The molecule has 0 spiro atoms. The van der Waals surface area contributed by atoms with Gasteiger partial charge in [0.05, 0.1) is 35.6 Å². The lowest BCUT2D eigenvalue weighted by atomic mass is 9.78. The molecule has 2 aliphatic rings. The van der Waals surface area contributed by atoms with Crippen LogP contribution in [-0.4, -0.2) is 29.0 Å². The van der Waals surface area contributed by atoms with E-state index in [1.165, 1.54) is 6.07 Å². The van der Waals surface area contributed by atoms with Crippen molar-refractivity contribution in [2.75, 3.05) is 23.8 Å². The molecule has 9 heteroatoms. The van der Waals surface area contributed by atoms with Crippen molar-refractivity contribution in [3.05, 3.63) is 93.2 Å². The van der Waals surface area contributed by atoms with Gasteiger partial charge in [-0.1, -0.05) is 38.1 Å². The van der Waals surface area contributed by atoms with Crippen LogP contribution < -0.4 is 20.1 Å². The standard InChI is InChI=1S/C31H33N3O6/c1-4-39-28-16-21(14-26(31(28)36)34(37)38)30-29-25(32-23-7-5-6-8-24(23)33-30)13-20(15-27(29)35)19-9-11-22(12-10-19)40-17-18(2)3/h5-12,14,16,18,20,30,32-33,36H,4,13,15,17H2,1-3H3. The molecular formula is C31H33N3O6. The summed E-state index contributed by atoms with van der Waals surface area (Å²) in [4.78, 5) is 25.0. The SMILES string of the molecule is CCOc1cc(C2Nc3ccccc3NC3=C2C(=O)CC(c2ccc(OCC(C)C)cc2)C3)cc([N+](=O)[O-])c1O. The maximum Gasteiger partial charge on any atom is 0.315 e. The number of hydrogen-bond donors (Lipinski definition) is 3. The number of hydrogen-bond acceptors (Lipinski definition) is 8. The predicted octanol–water partition coefficient (Wildman–Crippen LogP) is 6.71. The largest absolute Gasteiger partial charge is 0.500 e. The Morgan fingerprint density at radius 3 is 2.42 bits per heavy atom. The first kappa shape index (κ1) is 27.1. The van der Waals surface area contributed by atoms with E-state index in [9.17, 15) is 20.0 Å². The topological polar surface area (TPSA) is 123 Å². The van der Waals surface area contributed by atoms with E-state index < -0.39 is 22.4 Å². The number of nitrogens with one attached hydrogen (secondary N) is 2. The van der Waals surface area contributed by atoms with Crippen molar-refractivity contribution >= 4 is 22.8 Å². The number of para-hydroxylation sites is 2. The summed E-state index contributed by atoms with van der Waals surface area (Å²) >= 11 is 0. The molecule has 5 rings (SSSR count). The van der Waals surface area contributed by atoms with Crippen LogP contribution in [0.5, 0.6) is 17.2 Å². The highest BCUT2D eigenvalue weighted by Crippen LogP contribution is 2.47. The fraction of sp³-hybridized carbons (Fsp3) is 0.323. The van der Waals surface area contributed by atoms with Gasteiger partial charge in [0.25, 0.3) is 0 Å². The second-order valence-corrected chi connectivity index (χ2v) is 10.5. The molecule has 208 valence electrons. The molecule has 2 atom stereocenters. The number of nitrogens with zero attached hydrogens (tertiary/aromatic N) is 1. The molecule has 0 amide bonds. The Morgan fingerprint density at radius 1 is 1.02 bits per heavy atom. The molecule has 3 aromatic carbocycles. The number of Topliss-reactive ketones (excluding diaryl/α,β-unsaturated/α-hetero) is 1. The lowest BCUT2D eigenvalue weighted by Gasteiger charge is -2.30. The van der Waals surface area contributed by atoms with Crippen LogP contribution in [0, 0.1) is 16.0 Å². The maximum absolute atomic E-state index is 13.9. The van der Waals surface area contributed by atoms with Gasteiger partial charge >= 0.3 is 5.69 Å². The third-order valence-electron chi connectivity index (χ3n) is 7.15. The van der Waals surface area contributed by atoms with Crippen LogP contribution in [0.4, 0.5) is 17.1 Å². The number of rotatable bonds is 8. The normalized spacial score (nSPS) is 18.2. The van der Waals surface area contributed by atoms with E-state index >= 15 is 0 Å². The zero-order chi connectivity index (χ0) is 28.4. The van der Waals surface area contributed by atoms with Crippen molar-refractivity contribution in [3.8, 4) is 17.2 Å². The van der Waals surface area contributed by atoms with Gasteiger partial charge in [0.2, 0.25) is 5.75 Å². The van der Waals surface area contributed by atoms with Gasteiger partial charge in [0.15, 0.2) is 11.5 Å². The number of fused-ring (bicyclic) bond motifs is 1. The van der Waals surface area contributed by atoms with Gasteiger partial charge in [-0.2, -0.15) is 0 Å². The molecule has 1 heterocycles. The maximum atomic E-state index is 13.9. The first-order chi connectivity index (χ1) is 19.2. The molecule has 2 unspecified atom stereocenters. The Bertz CT molecular complexity index is 1460. The highest BCUT2D eigenvalue weighted by atomic mass is 16.6. The number of phenolic OH excluding ortho intramolecular Hbond substituents is 1. The number of benzene rings is 3. The van der Waals surface area contributed by atoms with E-state index in [0.29, 0.717) is 36.5 Å². The van der Waals surface area contributed by atoms with E-state index in [2.05, 4.69) is 24.5 Å². The second kappa shape index (κ2) is 11.3. The molecule has 0 aromatic heterocycles. The summed E-state index contributed by atoms with van der Waals surface area (Å²) in [6.07, 6.45) is 0.873. The molecule has 1 aliphatic carbocycles. The Kier molecular flexibility index (Phi) is 7.64. The van der Waals surface area contributed by atoms with Gasteiger partial charge in [-0.05, 0) is 66.6 Å². The predicted molar refractivity (Wildman–Crippen MR) is 153 cm³/mol. The number of carbonyl (C=O) groups excluding carboxylic acids is 1. The highest BCUT2D eigenvalue weighted by Gasteiger charge is 2.37. The fourth-order valence-corrected chi connectivity index (χ4v) is 5.26. The zero-order valence-corrected chi connectivity index (χ0v) is 22.8. The second-order valence-electron chi connectivity index (χ2n) is 10.5. The molecule has 9 nitrogen and oxygen atoms in total. The fourth-order valence-electron chi connectivity index (χ4n) is 5.26. The van der Waals surface area contributed by atoms with Crippen LogP contribution in [0.25, 0.3) is 0 Å². The Morgan fingerprint density at radius 2 is 1.75 bits per heavy atom. The van der Waals surface area contributed by atoms with Crippen LogP contribution in [0.1, 0.15) is 56.7 Å². The number of nitro benzene ring substituents is 1. The molecule has 0 bridgehead atoms. The van der Waals surface area contributed by atoms with Crippen LogP contribution in [0.15, 0.2) is 71.9 Å². The lowest BCUT2D eigenvalue weighted by molar-refractivity contribution is -0.386. The minimum Gasteiger partial charge on any atom is -0.500 e. The summed E-state index contributed by atoms with van der Waals surface area (Å²) in [5.41, 5.74) is 3.87. The average molecular weight is 544 g/mol. The van der Waals surface area contributed by atoms with Gasteiger partial charge in [0, 0.05) is 23.8 Å². The van der Waals surface area contributed by atoms with Crippen LogP contribution in [0.2, 0.25) is 0 Å². The molecule has 0 fully saturated rings. The molecule has 1 aliphatic heterocycles. The number of phenols is 1. The molecule has 0 saturated heterocycles. The first-order valence-electron chi connectivity index (χ1n) is 13.5. The Balaban J connectivity index is 1.55. The van der Waals surface area contributed by atoms with Crippen molar-refractivity contribution in [1.82, 2.24) is 0 Å². The molecule has 40 heavy (non-hydrogen) atoms. The van der Waals surface area contributed by atoms with Gasteiger partial charge in [-0.15, -0.1) is 0 Å². The summed E-state index contributed by atoms with van der Waals surface area (Å²) in [7, 11) is 0. The van der Waals surface area contributed by atoms with E-state index in [0.717, 1.165) is 28.4 Å². The number of carbonyl (C=O) groups is 1. The minimum atomic E-state index is -0.690. The smallest absolute Gasteiger partial charge is 0.315 e. The van der Waals surface area contributed by atoms with Crippen molar-refractivity contribution in [2.45, 2.75) is 45.6 Å². The van der Waals surface area contributed by atoms with Gasteiger partial charge in [0.1, 0.15) is 5.75 Å². The lowest BCUT2D eigenvalue weighted by Crippen LogP contribution is -2.27. The molecule has 3 aromatic rings. The summed E-state index contributed by atoms with van der Waals surface area (Å²) in [5, 5.41) is 29.2. The monoisotopic (exact) mass is 543 g/mol. The Hall–Kier alpha value is -4.53.